The maximum absolute atomic E-state index is 13.8. The van der Waals surface area contributed by atoms with Crippen molar-refractivity contribution in [2.24, 2.45) is 5.73 Å². The molecule has 1 saturated heterocycles. The van der Waals surface area contributed by atoms with E-state index in [0.29, 0.717) is 25.2 Å². The Hall–Kier alpha value is -2.90. The fourth-order valence-electron chi connectivity index (χ4n) is 6.62. The van der Waals surface area contributed by atoms with Crippen molar-refractivity contribution in [2.75, 3.05) is 27.2 Å². The van der Waals surface area contributed by atoms with Gasteiger partial charge in [-0.15, -0.1) is 0 Å². The molecule has 1 heterocycles. The summed E-state index contributed by atoms with van der Waals surface area (Å²) in [6, 6.07) is 17.9. The summed E-state index contributed by atoms with van der Waals surface area (Å²) in [7, 11) is 4.30. The molecular formula is C29H38N4O3. The number of primary amides is 1. The van der Waals surface area contributed by atoms with Gasteiger partial charge in [0.1, 0.15) is 0 Å². The van der Waals surface area contributed by atoms with Crippen molar-refractivity contribution in [3.63, 3.8) is 0 Å². The average molecular weight is 491 g/mol. The van der Waals surface area contributed by atoms with E-state index in [2.05, 4.69) is 49.3 Å². The minimum atomic E-state index is -0.778. The highest BCUT2D eigenvalue weighted by Gasteiger charge is 2.56. The highest BCUT2D eigenvalue weighted by atomic mass is 16.3. The molecule has 2 aromatic rings. The molecular weight excluding hydrogens is 452 g/mol. The molecule has 2 saturated carbocycles. The molecule has 2 aromatic carbocycles. The van der Waals surface area contributed by atoms with E-state index in [9.17, 15) is 14.7 Å². The minimum Gasteiger partial charge on any atom is -0.388 e. The van der Waals surface area contributed by atoms with E-state index in [1.54, 1.807) is 12.1 Å². The van der Waals surface area contributed by atoms with Crippen molar-refractivity contribution >= 4 is 11.9 Å². The Labute approximate surface area is 213 Å². The third-order valence-corrected chi connectivity index (χ3v) is 9.06. The van der Waals surface area contributed by atoms with Crippen molar-refractivity contribution < 1.29 is 14.7 Å². The van der Waals surface area contributed by atoms with Gasteiger partial charge < -0.3 is 20.6 Å². The third-order valence-electron chi connectivity index (χ3n) is 9.06. The summed E-state index contributed by atoms with van der Waals surface area (Å²) in [4.78, 5) is 31.7. The molecule has 1 aliphatic heterocycles. The van der Waals surface area contributed by atoms with Gasteiger partial charge in [-0.25, -0.2) is 4.79 Å². The van der Waals surface area contributed by atoms with Gasteiger partial charge in [-0.2, -0.15) is 0 Å². The van der Waals surface area contributed by atoms with E-state index in [1.807, 2.05) is 21.9 Å². The monoisotopic (exact) mass is 490 g/mol. The first kappa shape index (κ1) is 24.8. The second-order valence-electron chi connectivity index (χ2n) is 11.4. The average Bonchev–Trinajstić information content (AvgIpc) is 3.09. The Morgan fingerprint density at radius 3 is 2.28 bits per heavy atom. The summed E-state index contributed by atoms with van der Waals surface area (Å²) in [5.74, 6) is -0.469. The predicted molar refractivity (Wildman–Crippen MR) is 139 cm³/mol. The van der Waals surface area contributed by atoms with Crippen LogP contribution in [-0.2, 0) is 12.1 Å². The Morgan fingerprint density at radius 1 is 1.00 bits per heavy atom. The molecule has 3 amide bonds. The highest BCUT2D eigenvalue weighted by molar-refractivity contribution is 5.92. The van der Waals surface area contributed by atoms with Gasteiger partial charge in [0.15, 0.2) is 0 Å². The quantitative estimate of drug-likeness (QED) is 0.619. The minimum absolute atomic E-state index is 0.0168. The predicted octanol–water partition coefficient (Wildman–Crippen LogP) is 3.71. The van der Waals surface area contributed by atoms with E-state index in [1.165, 1.54) is 5.56 Å². The fraction of sp³-hybridized carbons (Fsp3) is 0.517. The molecule has 3 N–H and O–H groups in total. The van der Waals surface area contributed by atoms with Crippen LogP contribution in [0.4, 0.5) is 4.79 Å². The molecule has 0 bridgehead atoms. The molecule has 3 fully saturated rings. The standard InChI is InChI=1S/C29H38N4O3/c1-31(2)29(24-10-4-3-5-11-24)16-14-27(15-17-29)20-32(19-22-8-6-9-23(18-22)25(30)34)26(35)33(27)21-28(36)12-7-13-28/h3-6,8-11,18,36H,7,12-17,19-21H2,1-2H3,(H2,30,34)/t27-,29-. The van der Waals surface area contributed by atoms with Gasteiger partial charge in [0, 0.05) is 24.2 Å². The largest absolute Gasteiger partial charge is 0.388 e. The maximum Gasteiger partial charge on any atom is 0.321 e. The van der Waals surface area contributed by atoms with Crippen LogP contribution >= 0.6 is 0 Å². The zero-order valence-corrected chi connectivity index (χ0v) is 21.4. The summed E-state index contributed by atoms with van der Waals surface area (Å²) in [5.41, 5.74) is 6.98. The number of aliphatic hydroxyl groups is 1. The van der Waals surface area contributed by atoms with Gasteiger partial charge in [0.2, 0.25) is 5.91 Å². The molecule has 36 heavy (non-hydrogen) atoms. The van der Waals surface area contributed by atoms with E-state index in [0.717, 1.165) is 50.5 Å². The Kier molecular flexibility index (Phi) is 6.33. The van der Waals surface area contributed by atoms with E-state index in [-0.39, 0.29) is 17.1 Å². The van der Waals surface area contributed by atoms with Crippen molar-refractivity contribution in [2.45, 2.75) is 68.2 Å². The summed E-state index contributed by atoms with van der Waals surface area (Å²) in [6.07, 6.45) is 6.14. The maximum atomic E-state index is 13.8. The molecule has 7 heteroatoms. The van der Waals surface area contributed by atoms with Gasteiger partial charge in [-0.1, -0.05) is 42.5 Å². The molecule has 1 spiro atoms. The number of carbonyl (C=O) groups excluding carboxylic acids is 2. The summed E-state index contributed by atoms with van der Waals surface area (Å²) < 4.78 is 0. The molecule has 3 aliphatic rings. The number of carbonyl (C=O) groups is 2. The van der Waals surface area contributed by atoms with Crippen LogP contribution in [0.25, 0.3) is 0 Å². The van der Waals surface area contributed by atoms with E-state index in [4.69, 9.17) is 5.73 Å². The lowest BCUT2D eigenvalue weighted by Gasteiger charge is -2.52. The Morgan fingerprint density at radius 2 is 1.69 bits per heavy atom. The lowest BCUT2D eigenvalue weighted by atomic mass is 9.67. The first-order valence-corrected chi connectivity index (χ1v) is 13.1. The molecule has 0 aromatic heterocycles. The number of benzene rings is 2. The van der Waals surface area contributed by atoms with E-state index >= 15 is 0 Å². The molecule has 0 unspecified atom stereocenters. The van der Waals surface area contributed by atoms with Gasteiger partial charge >= 0.3 is 6.03 Å². The topological polar surface area (TPSA) is 90.1 Å². The number of urea groups is 1. The second-order valence-corrected chi connectivity index (χ2v) is 11.4. The lowest BCUT2D eigenvalue weighted by molar-refractivity contribution is -0.0725. The second kappa shape index (κ2) is 9.20. The molecule has 5 rings (SSSR count). The van der Waals surface area contributed by atoms with Crippen LogP contribution in [0.1, 0.15) is 66.4 Å². The van der Waals surface area contributed by atoms with Gasteiger partial charge in [-0.05, 0) is 82.3 Å². The zero-order valence-electron chi connectivity index (χ0n) is 21.4. The Balaban J connectivity index is 1.42. The normalized spacial score (nSPS) is 27.5. The van der Waals surface area contributed by atoms with Crippen LogP contribution in [0.3, 0.4) is 0 Å². The summed E-state index contributed by atoms with van der Waals surface area (Å²) in [6.45, 7) is 1.44. The molecule has 0 atom stereocenters. The number of rotatable bonds is 7. The molecule has 0 radical (unpaired) electrons. The van der Waals surface area contributed by atoms with E-state index < -0.39 is 11.5 Å². The third kappa shape index (κ3) is 4.28. The van der Waals surface area contributed by atoms with Gasteiger partial charge in [-0.3, -0.25) is 9.69 Å². The van der Waals surface area contributed by atoms with Crippen molar-refractivity contribution in [3.05, 3.63) is 71.3 Å². The van der Waals surface area contributed by atoms with Gasteiger partial charge in [0.25, 0.3) is 0 Å². The summed E-state index contributed by atoms with van der Waals surface area (Å²) in [5, 5.41) is 11.1. The number of nitrogens with two attached hydrogens (primary N) is 1. The SMILES string of the molecule is CN(C)[C@]1(c2ccccc2)CC[C@@]2(CC1)CN(Cc1cccc(C(N)=O)c1)C(=O)N2CC1(O)CCC1. The lowest BCUT2D eigenvalue weighted by Crippen LogP contribution is -2.59. The van der Waals surface area contributed by atoms with Crippen molar-refractivity contribution in [1.82, 2.24) is 14.7 Å². The van der Waals surface area contributed by atoms with Crippen LogP contribution in [-0.4, -0.2) is 70.1 Å². The number of amides is 3. The number of hydrogen-bond acceptors (Lipinski definition) is 4. The van der Waals surface area contributed by atoms with Crippen LogP contribution in [0.5, 0.6) is 0 Å². The molecule has 192 valence electrons. The number of β-amino-alcohol motifs (C(OH)–C–C–N with tert-alkyl or cyclic N) is 1. The molecule has 2 aliphatic carbocycles. The van der Waals surface area contributed by atoms with Crippen LogP contribution in [0.2, 0.25) is 0 Å². The van der Waals surface area contributed by atoms with Gasteiger partial charge in [0.05, 0.1) is 17.7 Å². The zero-order chi connectivity index (χ0) is 25.6. The van der Waals surface area contributed by atoms with Crippen LogP contribution in [0, 0.1) is 0 Å². The van der Waals surface area contributed by atoms with Crippen LogP contribution in [0.15, 0.2) is 54.6 Å². The fourth-order valence-corrected chi connectivity index (χ4v) is 6.62. The smallest absolute Gasteiger partial charge is 0.321 e. The highest BCUT2D eigenvalue weighted by Crippen LogP contribution is 2.50. The van der Waals surface area contributed by atoms with Crippen LogP contribution < -0.4 is 5.73 Å². The van der Waals surface area contributed by atoms with Crippen molar-refractivity contribution in [1.29, 1.82) is 0 Å². The number of hydrogen-bond donors (Lipinski definition) is 2. The Bertz CT molecular complexity index is 1120. The first-order valence-electron chi connectivity index (χ1n) is 13.1. The number of nitrogens with zero attached hydrogens (tertiary/aromatic N) is 3. The first-order chi connectivity index (χ1) is 17.2. The summed E-state index contributed by atoms with van der Waals surface area (Å²) >= 11 is 0. The van der Waals surface area contributed by atoms with Crippen molar-refractivity contribution in [3.8, 4) is 0 Å². The molecule has 7 nitrogen and oxygen atoms in total.